The molecule has 0 aromatic carbocycles. The third-order valence-electron chi connectivity index (χ3n) is 1.53. The molecule has 1 fully saturated rings. The minimum absolute atomic E-state index is 0.275. The van der Waals surface area contributed by atoms with Crippen molar-refractivity contribution in [1.29, 1.82) is 0 Å². The summed E-state index contributed by atoms with van der Waals surface area (Å²) in [6.07, 6.45) is 1.08. The van der Waals surface area contributed by atoms with E-state index in [1.807, 2.05) is 11.8 Å². The molecule has 0 unspecified atom stereocenters. The van der Waals surface area contributed by atoms with Crippen LogP contribution in [0, 0.1) is 0 Å². The smallest absolute Gasteiger partial charge is 0.314 e. The average molecular weight is 160 g/mol. The molecule has 0 spiro atoms. The molecule has 0 atom stereocenters. The number of nitrogens with zero attached hydrogens (tertiary/aromatic N) is 1. The van der Waals surface area contributed by atoms with E-state index in [1.165, 1.54) is 0 Å². The van der Waals surface area contributed by atoms with Crippen molar-refractivity contribution >= 4 is 17.8 Å². The summed E-state index contributed by atoms with van der Waals surface area (Å²) in [6, 6.07) is -0.275. The molecule has 1 saturated heterocycles. The molecule has 4 heteroatoms. The molecule has 0 bridgehead atoms. The quantitative estimate of drug-likeness (QED) is 0.561. The van der Waals surface area contributed by atoms with Crippen LogP contribution in [0.3, 0.4) is 0 Å². The number of nitrogens with two attached hydrogens (primary N) is 1. The number of urea groups is 1. The Labute approximate surface area is 64.9 Å². The second kappa shape index (κ2) is 3.71. The van der Waals surface area contributed by atoms with Gasteiger partial charge in [-0.15, -0.1) is 0 Å². The van der Waals surface area contributed by atoms with E-state index < -0.39 is 0 Å². The van der Waals surface area contributed by atoms with Crippen molar-refractivity contribution in [3.8, 4) is 0 Å². The summed E-state index contributed by atoms with van der Waals surface area (Å²) in [5.74, 6) is 2.19. The first-order chi connectivity index (χ1) is 4.80. The lowest BCUT2D eigenvalue weighted by atomic mass is 10.4. The molecule has 10 heavy (non-hydrogen) atoms. The lowest BCUT2D eigenvalue weighted by molar-refractivity contribution is 0.211. The Morgan fingerprint density at radius 3 is 2.90 bits per heavy atom. The molecule has 3 nitrogen and oxygen atoms in total. The van der Waals surface area contributed by atoms with E-state index in [2.05, 4.69) is 0 Å². The van der Waals surface area contributed by atoms with Gasteiger partial charge in [-0.3, -0.25) is 0 Å². The summed E-state index contributed by atoms with van der Waals surface area (Å²) in [5.41, 5.74) is 5.11. The van der Waals surface area contributed by atoms with Gasteiger partial charge in [-0.1, -0.05) is 0 Å². The third kappa shape index (κ3) is 2.10. The maximum Gasteiger partial charge on any atom is 0.314 e. The van der Waals surface area contributed by atoms with E-state index in [-0.39, 0.29) is 6.03 Å². The maximum absolute atomic E-state index is 10.6. The Morgan fingerprint density at radius 2 is 2.20 bits per heavy atom. The van der Waals surface area contributed by atoms with Gasteiger partial charge < -0.3 is 10.6 Å². The van der Waals surface area contributed by atoms with Crippen molar-refractivity contribution in [2.45, 2.75) is 6.42 Å². The number of rotatable bonds is 0. The highest BCUT2D eigenvalue weighted by atomic mass is 32.2. The fourth-order valence-corrected chi connectivity index (χ4v) is 1.85. The molecule has 0 saturated carbocycles. The number of primary amides is 1. The first-order valence-electron chi connectivity index (χ1n) is 3.43. The SMILES string of the molecule is NC(=O)N1CCCSCC1. The number of carbonyl (C=O) groups is 1. The summed E-state index contributed by atoms with van der Waals surface area (Å²) in [7, 11) is 0. The zero-order valence-electron chi connectivity index (χ0n) is 5.88. The molecule has 58 valence electrons. The number of hydrogen-bond acceptors (Lipinski definition) is 2. The summed E-state index contributed by atoms with van der Waals surface area (Å²) in [5, 5.41) is 0. The van der Waals surface area contributed by atoms with Crippen LogP contribution in [0.1, 0.15) is 6.42 Å². The van der Waals surface area contributed by atoms with Gasteiger partial charge in [-0.2, -0.15) is 11.8 Å². The normalized spacial score (nSPS) is 20.2. The minimum atomic E-state index is -0.275. The highest BCUT2D eigenvalue weighted by Crippen LogP contribution is 2.08. The molecule has 2 amide bonds. The van der Waals surface area contributed by atoms with E-state index in [9.17, 15) is 4.79 Å². The largest absolute Gasteiger partial charge is 0.351 e. The van der Waals surface area contributed by atoms with Gasteiger partial charge in [0.1, 0.15) is 0 Å². The van der Waals surface area contributed by atoms with Crippen molar-refractivity contribution in [2.75, 3.05) is 24.6 Å². The molecule has 1 heterocycles. The summed E-state index contributed by atoms with van der Waals surface area (Å²) in [6.45, 7) is 1.66. The molecule has 0 aliphatic carbocycles. The van der Waals surface area contributed by atoms with E-state index in [0.29, 0.717) is 0 Å². The molecule has 0 radical (unpaired) electrons. The van der Waals surface area contributed by atoms with E-state index in [0.717, 1.165) is 31.0 Å². The second-order valence-electron chi connectivity index (χ2n) is 2.29. The third-order valence-corrected chi connectivity index (χ3v) is 2.58. The van der Waals surface area contributed by atoms with E-state index >= 15 is 0 Å². The zero-order chi connectivity index (χ0) is 7.40. The van der Waals surface area contributed by atoms with Crippen LogP contribution in [0.4, 0.5) is 4.79 Å². The number of thioether (sulfide) groups is 1. The van der Waals surface area contributed by atoms with E-state index in [1.54, 1.807) is 4.90 Å². The van der Waals surface area contributed by atoms with Crippen LogP contribution in [-0.4, -0.2) is 35.5 Å². The molecular formula is C6H12N2OS. The summed E-state index contributed by atoms with van der Waals surface area (Å²) < 4.78 is 0. The van der Waals surface area contributed by atoms with Gasteiger partial charge in [0.05, 0.1) is 0 Å². The topological polar surface area (TPSA) is 46.3 Å². The highest BCUT2D eigenvalue weighted by Gasteiger charge is 2.11. The van der Waals surface area contributed by atoms with Crippen LogP contribution in [0.2, 0.25) is 0 Å². The van der Waals surface area contributed by atoms with Crippen molar-refractivity contribution < 1.29 is 4.79 Å². The van der Waals surface area contributed by atoms with Gasteiger partial charge in [0, 0.05) is 18.8 Å². The van der Waals surface area contributed by atoms with Crippen molar-refractivity contribution in [3.05, 3.63) is 0 Å². The second-order valence-corrected chi connectivity index (χ2v) is 3.52. The number of carbonyl (C=O) groups excluding carboxylic acids is 1. The molecule has 0 aromatic heterocycles. The van der Waals surface area contributed by atoms with Crippen LogP contribution in [0.5, 0.6) is 0 Å². The fraction of sp³-hybridized carbons (Fsp3) is 0.833. The zero-order valence-corrected chi connectivity index (χ0v) is 6.69. The standard InChI is InChI=1S/C6H12N2OS/c7-6(9)8-2-1-4-10-5-3-8/h1-5H2,(H2,7,9). The highest BCUT2D eigenvalue weighted by molar-refractivity contribution is 7.99. The molecule has 1 aliphatic rings. The fourth-order valence-electron chi connectivity index (χ4n) is 0.966. The molecule has 0 aromatic rings. The lowest BCUT2D eigenvalue weighted by Crippen LogP contribution is -2.37. The molecule has 2 N–H and O–H groups in total. The maximum atomic E-state index is 10.6. The molecule has 1 rings (SSSR count). The summed E-state index contributed by atoms with van der Waals surface area (Å²) in [4.78, 5) is 12.4. The van der Waals surface area contributed by atoms with Gasteiger partial charge in [-0.25, -0.2) is 4.79 Å². The van der Waals surface area contributed by atoms with Crippen LogP contribution in [0.15, 0.2) is 0 Å². The Bertz CT molecular complexity index is 121. The van der Waals surface area contributed by atoms with Gasteiger partial charge in [-0.05, 0) is 12.2 Å². The average Bonchev–Trinajstić information content (AvgIpc) is 2.12. The number of hydrogen-bond donors (Lipinski definition) is 1. The van der Waals surface area contributed by atoms with Gasteiger partial charge in [0.15, 0.2) is 0 Å². The lowest BCUT2D eigenvalue weighted by Gasteiger charge is -2.15. The van der Waals surface area contributed by atoms with Crippen molar-refractivity contribution in [2.24, 2.45) is 5.73 Å². The van der Waals surface area contributed by atoms with Crippen LogP contribution in [-0.2, 0) is 0 Å². The van der Waals surface area contributed by atoms with Crippen LogP contribution < -0.4 is 5.73 Å². The van der Waals surface area contributed by atoms with Crippen LogP contribution in [0.25, 0.3) is 0 Å². The Balaban J connectivity index is 2.35. The van der Waals surface area contributed by atoms with Crippen LogP contribution >= 0.6 is 11.8 Å². The Morgan fingerprint density at radius 1 is 1.40 bits per heavy atom. The Kier molecular flexibility index (Phi) is 2.86. The minimum Gasteiger partial charge on any atom is -0.351 e. The van der Waals surface area contributed by atoms with Gasteiger partial charge in [0.2, 0.25) is 0 Å². The monoisotopic (exact) mass is 160 g/mol. The predicted molar refractivity (Wildman–Crippen MR) is 43.1 cm³/mol. The predicted octanol–water partition coefficient (Wildman–Crippen LogP) is 0.504. The summed E-state index contributed by atoms with van der Waals surface area (Å²) >= 11 is 1.89. The van der Waals surface area contributed by atoms with Crippen molar-refractivity contribution in [1.82, 2.24) is 4.90 Å². The van der Waals surface area contributed by atoms with Crippen molar-refractivity contribution in [3.63, 3.8) is 0 Å². The molecule has 1 aliphatic heterocycles. The van der Waals surface area contributed by atoms with Gasteiger partial charge >= 0.3 is 6.03 Å². The van der Waals surface area contributed by atoms with E-state index in [4.69, 9.17) is 5.73 Å². The number of amides is 2. The first kappa shape index (κ1) is 7.72. The van der Waals surface area contributed by atoms with Gasteiger partial charge in [0.25, 0.3) is 0 Å². The molecular weight excluding hydrogens is 148 g/mol. The Hall–Kier alpha value is -0.380. The first-order valence-corrected chi connectivity index (χ1v) is 4.58.